The van der Waals surface area contributed by atoms with E-state index in [0.717, 1.165) is 70.6 Å². The molecule has 0 radical (unpaired) electrons. The second-order valence-electron chi connectivity index (χ2n) is 13.1. The van der Waals surface area contributed by atoms with E-state index in [1.165, 1.54) is 77.0 Å². The summed E-state index contributed by atoms with van der Waals surface area (Å²) in [4.78, 5) is 34.7. The fourth-order valence-electron chi connectivity index (χ4n) is 5.33. The van der Waals surface area contributed by atoms with Crippen LogP contribution in [0.1, 0.15) is 181 Å². The Bertz CT molecular complexity index is 866. The van der Waals surface area contributed by atoms with Gasteiger partial charge in [0.05, 0.1) is 13.2 Å². The third kappa shape index (κ3) is 36.1. The van der Waals surface area contributed by atoms with Gasteiger partial charge in [-0.15, -0.1) is 0 Å². The molecule has 9 nitrogen and oxygen atoms in total. The van der Waals surface area contributed by atoms with Crippen molar-refractivity contribution in [3.8, 4) is 0 Å². The number of carbonyl (C=O) groups excluding carboxylic acids is 2. The quantitative estimate of drug-likeness (QED) is 0.0279. The average Bonchev–Trinajstić information content (AvgIpc) is 3.08. The molecule has 0 amide bonds. The Morgan fingerprint density at radius 2 is 1.00 bits per heavy atom. The van der Waals surface area contributed by atoms with Crippen LogP contribution < -0.4 is 5.73 Å². The van der Waals surface area contributed by atoms with Gasteiger partial charge in [0.1, 0.15) is 6.61 Å². The van der Waals surface area contributed by atoms with E-state index in [4.69, 9.17) is 24.3 Å². The zero-order valence-corrected chi connectivity index (χ0v) is 32.3. The second kappa shape index (κ2) is 36.3. The number of esters is 2. The molecule has 0 rings (SSSR count). The van der Waals surface area contributed by atoms with Crippen LogP contribution in [0, 0.1) is 0 Å². The summed E-state index contributed by atoms with van der Waals surface area (Å²) in [5.41, 5.74) is 5.33. The Hall–Kier alpha value is -1.51. The minimum Gasteiger partial charge on any atom is -0.462 e. The van der Waals surface area contributed by atoms with E-state index in [1.807, 2.05) is 0 Å². The van der Waals surface area contributed by atoms with Gasteiger partial charge in [0, 0.05) is 19.4 Å². The summed E-state index contributed by atoms with van der Waals surface area (Å²) in [5, 5.41) is 0. The van der Waals surface area contributed by atoms with Crippen LogP contribution in [0.4, 0.5) is 0 Å². The Balaban J connectivity index is 4.22. The first-order valence-electron chi connectivity index (χ1n) is 19.8. The monoisotopic (exact) mass is 716 g/mol. The Kier molecular flexibility index (Phi) is 35.2. The van der Waals surface area contributed by atoms with Gasteiger partial charge >= 0.3 is 19.8 Å². The molecule has 0 fully saturated rings. The number of allylic oxidation sites excluding steroid dienone is 4. The minimum atomic E-state index is -4.37. The lowest BCUT2D eigenvalue weighted by molar-refractivity contribution is -0.161. The largest absolute Gasteiger partial charge is 0.472 e. The molecule has 10 heteroatoms. The van der Waals surface area contributed by atoms with E-state index < -0.39 is 32.5 Å². The lowest BCUT2D eigenvalue weighted by atomic mass is 10.1. The highest BCUT2D eigenvalue weighted by Crippen LogP contribution is 2.43. The van der Waals surface area contributed by atoms with Crippen LogP contribution in [0.2, 0.25) is 0 Å². The van der Waals surface area contributed by atoms with Crippen LogP contribution >= 0.6 is 7.82 Å². The van der Waals surface area contributed by atoms with Crippen molar-refractivity contribution in [2.45, 2.75) is 187 Å². The highest BCUT2D eigenvalue weighted by atomic mass is 31.2. The molecule has 0 saturated heterocycles. The highest BCUT2D eigenvalue weighted by Gasteiger charge is 2.25. The third-order valence-electron chi connectivity index (χ3n) is 8.31. The molecular formula is C39H74NO8P. The molecule has 0 aliphatic carbocycles. The van der Waals surface area contributed by atoms with E-state index in [9.17, 15) is 19.0 Å². The van der Waals surface area contributed by atoms with Gasteiger partial charge in [-0.3, -0.25) is 18.6 Å². The van der Waals surface area contributed by atoms with E-state index in [-0.39, 0.29) is 32.6 Å². The van der Waals surface area contributed by atoms with Gasteiger partial charge in [-0.05, 0) is 64.2 Å². The topological polar surface area (TPSA) is 134 Å². The number of nitrogens with two attached hydrogens (primary N) is 1. The van der Waals surface area contributed by atoms with Crippen LogP contribution in [0.25, 0.3) is 0 Å². The summed E-state index contributed by atoms with van der Waals surface area (Å²) in [6, 6.07) is 0. The van der Waals surface area contributed by atoms with Gasteiger partial charge in [-0.2, -0.15) is 0 Å². The maximum absolute atomic E-state index is 12.5. The van der Waals surface area contributed by atoms with Crippen LogP contribution in [-0.2, 0) is 32.7 Å². The molecule has 0 aliphatic rings. The van der Waals surface area contributed by atoms with Crippen molar-refractivity contribution in [3.05, 3.63) is 24.3 Å². The molecule has 0 aliphatic heterocycles. The molecule has 0 aromatic carbocycles. The van der Waals surface area contributed by atoms with Crippen LogP contribution in [0.5, 0.6) is 0 Å². The summed E-state index contributed by atoms with van der Waals surface area (Å²) < 4.78 is 32.6. The van der Waals surface area contributed by atoms with Gasteiger partial charge in [0.25, 0.3) is 0 Å². The molecule has 0 heterocycles. The summed E-state index contributed by atoms with van der Waals surface area (Å²) in [6.45, 7) is 3.68. The molecule has 288 valence electrons. The molecule has 0 saturated carbocycles. The van der Waals surface area contributed by atoms with E-state index >= 15 is 0 Å². The summed E-state index contributed by atoms with van der Waals surface area (Å²) >= 11 is 0. The van der Waals surface area contributed by atoms with Crippen molar-refractivity contribution in [2.24, 2.45) is 5.73 Å². The van der Waals surface area contributed by atoms with Crippen molar-refractivity contribution in [3.63, 3.8) is 0 Å². The number of ether oxygens (including phenoxy) is 2. The summed E-state index contributed by atoms with van der Waals surface area (Å²) in [6.07, 6.45) is 36.3. The smallest absolute Gasteiger partial charge is 0.462 e. The zero-order chi connectivity index (χ0) is 36.1. The minimum absolute atomic E-state index is 0.0517. The molecule has 3 N–H and O–H groups in total. The van der Waals surface area contributed by atoms with E-state index in [0.29, 0.717) is 6.42 Å². The predicted octanol–water partition coefficient (Wildman–Crippen LogP) is 10.8. The van der Waals surface area contributed by atoms with Gasteiger partial charge in [-0.1, -0.05) is 128 Å². The van der Waals surface area contributed by atoms with Gasteiger partial charge in [-0.25, -0.2) is 4.57 Å². The lowest BCUT2D eigenvalue weighted by Gasteiger charge is -2.19. The third-order valence-corrected chi connectivity index (χ3v) is 9.29. The van der Waals surface area contributed by atoms with Crippen molar-refractivity contribution in [1.29, 1.82) is 0 Å². The van der Waals surface area contributed by atoms with Crippen LogP contribution in [0.15, 0.2) is 24.3 Å². The molecule has 1 unspecified atom stereocenters. The van der Waals surface area contributed by atoms with Gasteiger partial charge in [0.15, 0.2) is 6.10 Å². The molecule has 0 spiro atoms. The maximum Gasteiger partial charge on any atom is 0.472 e. The molecule has 2 atom stereocenters. The Labute approximate surface area is 300 Å². The predicted molar refractivity (Wildman–Crippen MR) is 201 cm³/mol. The van der Waals surface area contributed by atoms with E-state index in [2.05, 4.69) is 38.2 Å². The van der Waals surface area contributed by atoms with Gasteiger partial charge in [0.2, 0.25) is 0 Å². The summed E-state index contributed by atoms with van der Waals surface area (Å²) in [7, 11) is -4.37. The van der Waals surface area contributed by atoms with Crippen LogP contribution in [0.3, 0.4) is 0 Å². The molecule has 49 heavy (non-hydrogen) atoms. The second-order valence-corrected chi connectivity index (χ2v) is 14.6. The average molecular weight is 716 g/mol. The number of hydrogen-bond donors (Lipinski definition) is 2. The SMILES string of the molecule is CCCCC/C=C\CCCCCCCC(=O)OC[C@H](COP(=O)(O)OCCN)OC(=O)CCCCCCC/C=C\CCCCCCCCC. The first kappa shape index (κ1) is 47.5. The summed E-state index contributed by atoms with van der Waals surface area (Å²) in [5.74, 6) is -0.848. The van der Waals surface area contributed by atoms with Crippen molar-refractivity contribution >= 4 is 19.8 Å². The highest BCUT2D eigenvalue weighted by molar-refractivity contribution is 7.47. The standard InChI is InChI=1S/C39H74NO8P/c1-3-5-7-9-11-13-15-17-18-19-20-22-24-26-28-30-32-39(42)48-37(36-47-49(43,44)46-34-33-40)35-45-38(41)31-29-27-25-23-21-16-14-12-10-8-6-4-2/h12,14,18-19,37H,3-11,13,15-17,20-36,40H2,1-2H3,(H,43,44)/b14-12-,19-18-/t37-/m1/s1. The van der Waals surface area contributed by atoms with Gasteiger partial charge < -0.3 is 20.1 Å². The van der Waals surface area contributed by atoms with Crippen molar-refractivity contribution < 1.29 is 37.6 Å². The number of carbonyl (C=O) groups is 2. The number of rotatable bonds is 37. The first-order chi connectivity index (χ1) is 23.8. The van der Waals surface area contributed by atoms with Crippen molar-refractivity contribution in [1.82, 2.24) is 0 Å². The van der Waals surface area contributed by atoms with Crippen molar-refractivity contribution in [2.75, 3.05) is 26.4 Å². The normalized spacial score (nSPS) is 13.6. The fraction of sp³-hybridized carbons (Fsp3) is 0.846. The number of unbranched alkanes of at least 4 members (excludes halogenated alkanes) is 20. The number of phosphoric ester groups is 1. The zero-order valence-electron chi connectivity index (χ0n) is 31.4. The fourth-order valence-corrected chi connectivity index (χ4v) is 6.09. The molecule has 0 aromatic rings. The molecule has 0 aromatic heterocycles. The Morgan fingerprint density at radius 3 is 1.49 bits per heavy atom. The molecule has 0 bridgehead atoms. The Morgan fingerprint density at radius 1 is 0.592 bits per heavy atom. The number of hydrogen-bond acceptors (Lipinski definition) is 8. The maximum atomic E-state index is 12.5. The van der Waals surface area contributed by atoms with E-state index in [1.54, 1.807) is 0 Å². The lowest BCUT2D eigenvalue weighted by Crippen LogP contribution is -2.29. The number of phosphoric acid groups is 1. The molecular weight excluding hydrogens is 641 g/mol. The van der Waals surface area contributed by atoms with Crippen LogP contribution in [-0.4, -0.2) is 49.3 Å². The first-order valence-corrected chi connectivity index (χ1v) is 21.3.